The maximum Gasteiger partial charge on any atom is 0.0476 e. The molecule has 0 radical (unpaired) electrons. The van der Waals surface area contributed by atoms with Gasteiger partial charge in [0, 0.05) is 65.3 Å². The third-order valence-electron chi connectivity index (χ3n) is 12.9. The van der Waals surface area contributed by atoms with E-state index in [0.717, 1.165) is 57.8 Å². The molecular formula is C59H112O14S9Sn3-2. The van der Waals surface area contributed by atoms with E-state index in [0.29, 0.717) is 123 Å². The molecule has 26 heteroatoms. The van der Waals surface area contributed by atoms with E-state index in [-0.39, 0.29) is 67.1 Å². The zero-order valence-corrected chi connectivity index (χ0v) is 68.6. The molecule has 0 spiro atoms. The van der Waals surface area contributed by atoms with Gasteiger partial charge in [0.15, 0.2) is 0 Å². The minimum atomic E-state index is -1.03. The summed E-state index contributed by atoms with van der Waals surface area (Å²) < 4.78 is 6.12. The fraction of sp³-hybridized carbons (Fsp3) is 0.898. The smallest absolute Gasteiger partial charge is 0.0476 e. The SMILES string of the molecule is CCC[CH2][Sn+2][CH2]CCC.CCC[CH2][Sn+3].CCC[CH2][Sn+3].O=C([O-])CCCCCCC(CCS)(CCS)C(=O)[O-].O=C([O-])CCCCCCC(CCS)(CCS)C(=O)[O-].O=C([O-])CCCCCCC(CCS)(CCS)C(=O)[O-].OCC[S-].OCC[S-].[S-2]. The van der Waals surface area contributed by atoms with Crippen LogP contribution in [0, 0.1) is 16.2 Å². The van der Waals surface area contributed by atoms with Crippen LogP contribution in [0.2, 0.25) is 17.7 Å². The maximum absolute atomic E-state index is 11.3. The van der Waals surface area contributed by atoms with Crippen molar-refractivity contribution in [3.8, 4) is 0 Å². The Labute approximate surface area is 605 Å². The summed E-state index contributed by atoms with van der Waals surface area (Å²) in [5.74, 6) is -2.21. The van der Waals surface area contributed by atoms with E-state index < -0.39 is 52.1 Å². The standard InChI is InChI=1S/3C13H24O4S2.4C4H9.2C2H6OS.S.3Sn/c3*14-11(15)5-3-1-2-4-6-13(7-9-18,8-10-19)12(16)17;4*1-3-4-2;2*3-1-2-4;;;;/h3*18-19H,1-10H2,(H,14,15)(H,16,17);4*1,3-4H2,2H3;2*3-4H,1-2H2;;;;/q;;;;;;;;;-2;+2;2*+3/p-8. The fourth-order valence-corrected chi connectivity index (χ4v) is 16.4. The quantitative estimate of drug-likeness (QED) is 0.0144. The number of carbonyl (C=O) groups is 6. The van der Waals surface area contributed by atoms with E-state index in [9.17, 15) is 59.4 Å². The van der Waals surface area contributed by atoms with Crippen LogP contribution >= 0.6 is 75.8 Å². The van der Waals surface area contributed by atoms with Gasteiger partial charge in [0.05, 0.1) is 0 Å². The third kappa shape index (κ3) is 82.3. The van der Waals surface area contributed by atoms with Crippen LogP contribution in [0.3, 0.4) is 0 Å². The first kappa shape index (κ1) is 106. The molecule has 0 aliphatic carbocycles. The van der Waals surface area contributed by atoms with Gasteiger partial charge >= 0.3 is 163 Å². The molecule has 2 N–H and O–H groups in total. The first-order chi connectivity index (χ1) is 40.0. The first-order valence-electron chi connectivity index (χ1n) is 30.3. The molecule has 0 rings (SSSR count). The molecule has 0 aromatic rings. The molecule has 0 aromatic carbocycles. The van der Waals surface area contributed by atoms with Gasteiger partial charge in [-0.25, -0.2) is 0 Å². The van der Waals surface area contributed by atoms with Crippen molar-refractivity contribution in [3.63, 3.8) is 0 Å². The number of carboxylic acid groups (broad SMARTS) is 6. The van der Waals surface area contributed by atoms with Crippen LogP contribution in [0.15, 0.2) is 0 Å². The van der Waals surface area contributed by atoms with Gasteiger partial charge in [-0.1, -0.05) is 57.8 Å². The number of carbonyl (C=O) groups excluding carboxylic acids is 6. The van der Waals surface area contributed by atoms with Gasteiger partial charge in [0.2, 0.25) is 0 Å². The average Bonchev–Trinajstić information content (AvgIpc) is 3.52. The summed E-state index contributed by atoms with van der Waals surface area (Å²) in [6.45, 7) is 9.30. The number of rotatable bonds is 48. The molecule has 0 saturated heterocycles. The van der Waals surface area contributed by atoms with Gasteiger partial charge in [-0.15, -0.1) is 0 Å². The number of hydrogen-bond acceptors (Lipinski definition) is 22. The second-order valence-corrected chi connectivity index (χ2v) is 30.6. The third-order valence-corrected chi connectivity index (χ3v) is 20.6. The number of unbranched alkanes of at least 4 members (excludes halogenated alkanes) is 13. The van der Waals surface area contributed by atoms with Gasteiger partial charge in [-0.3, -0.25) is 0 Å². The molecule has 0 fully saturated rings. The topological polar surface area (TPSA) is 281 Å². The van der Waals surface area contributed by atoms with Gasteiger partial charge < -0.3 is 108 Å². The summed E-state index contributed by atoms with van der Waals surface area (Å²) in [5.41, 5.74) is -2.51. The van der Waals surface area contributed by atoms with E-state index in [4.69, 9.17) is 10.2 Å². The molecule has 0 aliphatic heterocycles. The minimum absolute atomic E-state index is 0. The van der Waals surface area contributed by atoms with Crippen molar-refractivity contribution in [2.45, 2.75) is 251 Å². The van der Waals surface area contributed by atoms with E-state index >= 15 is 0 Å². The largest absolute Gasteiger partial charge is 2.00 e. The molecule has 500 valence electrons. The Balaban J connectivity index is -0.000000119. The van der Waals surface area contributed by atoms with Crippen molar-refractivity contribution in [1.29, 1.82) is 0 Å². The fourth-order valence-electron chi connectivity index (χ4n) is 7.67. The Morgan fingerprint density at radius 3 is 0.706 bits per heavy atom. The van der Waals surface area contributed by atoms with Crippen LogP contribution in [0.1, 0.15) is 233 Å². The molecule has 0 saturated carbocycles. The van der Waals surface area contributed by atoms with E-state index in [2.05, 4.69) is 129 Å². The number of hydrogen-bond donors (Lipinski definition) is 8. The van der Waals surface area contributed by atoms with Crippen LogP contribution in [0.25, 0.3) is 0 Å². The summed E-state index contributed by atoms with van der Waals surface area (Å²) >= 11 is 36.8. The number of carboxylic acids is 6. The van der Waals surface area contributed by atoms with Gasteiger partial charge in [-0.05, 0) is 131 Å². The summed E-state index contributed by atoms with van der Waals surface area (Å²) in [6, 6.07) is 0. The summed E-state index contributed by atoms with van der Waals surface area (Å²) in [4.78, 5) is 64.7. The Morgan fingerprint density at radius 1 is 0.376 bits per heavy atom. The maximum atomic E-state index is 11.3. The van der Waals surface area contributed by atoms with Crippen LogP contribution < -0.4 is 30.6 Å². The molecule has 0 unspecified atom stereocenters. The van der Waals surface area contributed by atoms with Crippen LogP contribution in [-0.4, -0.2) is 171 Å². The Bertz CT molecular complexity index is 1250. The van der Waals surface area contributed by atoms with Crippen LogP contribution in [0.5, 0.6) is 0 Å². The Morgan fingerprint density at radius 2 is 0.576 bits per heavy atom. The van der Waals surface area contributed by atoms with Gasteiger partial charge in [0.1, 0.15) is 0 Å². The molecule has 0 amide bonds. The van der Waals surface area contributed by atoms with E-state index in [1.165, 1.54) is 60.2 Å². The van der Waals surface area contributed by atoms with Gasteiger partial charge in [0.25, 0.3) is 0 Å². The first-order valence-corrected chi connectivity index (χ1v) is 43.3. The molecule has 0 heterocycles. The predicted octanol–water partition coefficient (Wildman–Crippen LogP) is 6.28. The Hall–Kier alpha value is 2.29. The number of thiol groups is 6. The second kappa shape index (κ2) is 86.3. The van der Waals surface area contributed by atoms with E-state index in [1.54, 1.807) is 53.9 Å². The zero-order chi connectivity index (χ0) is 66.2. The van der Waals surface area contributed by atoms with Crippen molar-refractivity contribution in [2.75, 3.05) is 59.2 Å². The van der Waals surface area contributed by atoms with Gasteiger partial charge in [-0.2, -0.15) is 87.3 Å². The molecule has 0 bridgehead atoms. The molecule has 14 nitrogen and oxygen atoms in total. The molecule has 0 aromatic heterocycles. The van der Waals surface area contributed by atoms with E-state index in [1.807, 2.05) is 0 Å². The Kier molecular flexibility index (Phi) is 108. The zero-order valence-electron chi connectivity index (χ0n) is 52.2. The monoisotopic (exact) mass is 1690 g/mol. The number of aliphatic hydroxyl groups is 2. The summed E-state index contributed by atoms with van der Waals surface area (Å²) in [5, 5.41) is 80.3. The average molecular weight is 1690 g/mol. The van der Waals surface area contributed by atoms with Crippen molar-refractivity contribution < 1.29 is 69.6 Å². The van der Waals surface area contributed by atoms with Crippen LogP contribution in [-0.2, 0) is 67.5 Å². The normalized spacial score (nSPS) is 10.4. The van der Waals surface area contributed by atoms with Crippen molar-refractivity contribution in [1.82, 2.24) is 0 Å². The summed E-state index contributed by atoms with van der Waals surface area (Å²) in [7, 11) is 0. The molecule has 0 atom stereocenters. The number of aliphatic hydroxyl groups excluding tert-OH is 2. The second-order valence-electron chi connectivity index (χ2n) is 19.9. The van der Waals surface area contributed by atoms with Crippen molar-refractivity contribution in [2.24, 2.45) is 16.2 Å². The number of aliphatic carboxylic acids is 6. The van der Waals surface area contributed by atoms with Crippen molar-refractivity contribution in [3.05, 3.63) is 0 Å². The summed E-state index contributed by atoms with van der Waals surface area (Å²) in [6.07, 6.45) is 25.0. The van der Waals surface area contributed by atoms with Crippen LogP contribution in [0.4, 0.5) is 0 Å². The molecule has 0 aliphatic rings. The minimum Gasteiger partial charge on any atom is -2.00 e. The molecule has 85 heavy (non-hydrogen) atoms. The predicted molar refractivity (Wildman–Crippen MR) is 373 cm³/mol. The molecular weight excluding hydrogens is 1580 g/mol. The van der Waals surface area contributed by atoms with Crippen molar-refractivity contribution >= 4 is 217 Å².